The maximum Gasteiger partial charge on any atom is 0.219 e. The SMILES string of the molecule is C#C/C=C\C[C@H]1CCC[C@H]2[C@H]1CC[C@@H](CCC=C=C)N2C(C)=O. The third-order valence-corrected chi connectivity index (χ3v) is 5.56. The van der Waals surface area contributed by atoms with Gasteiger partial charge in [0, 0.05) is 19.0 Å². The van der Waals surface area contributed by atoms with Crippen LogP contribution in [0, 0.1) is 24.2 Å². The summed E-state index contributed by atoms with van der Waals surface area (Å²) in [5.41, 5.74) is 2.84. The van der Waals surface area contributed by atoms with Crippen LogP contribution in [0.15, 0.2) is 30.5 Å². The molecule has 1 heterocycles. The normalized spacial score (nSPS) is 30.3. The number of carbonyl (C=O) groups is 1. The van der Waals surface area contributed by atoms with Crippen molar-refractivity contribution in [3.63, 3.8) is 0 Å². The second kappa shape index (κ2) is 8.80. The molecule has 2 fully saturated rings. The zero-order valence-electron chi connectivity index (χ0n) is 14.3. The molecule has 0 unspecified atom stereocenters. The van der Waals surface area contributed by atoms with Crippen molar-refractivity contribution in [2.75, 3.05) is 0 Å². The minimum absolute atomic E-state index is 0.243. The molecule has 1 aliphatic heterocycles. The number of carbonyl (C=O) groups excluding carboxylic acids is 1. The summed E-state index contributed by atoms with van der Waals surface area (Å²) < 4.78 is 0. The Kier molecular flexibility index (Phi) is 6.75. The lowest BCUT2D eigenvalue weighted by atomic mass is 9.68. The standard InChI is InChI=1S/C21H29NO/c1-4-6-8-11-18-12-10-14-21-20(18)16-15-19(13-9-7-5-2)22(21)17(3)23/h1,6-8,18-21H,2,9-16H2,3H3/b8-6-/t18-,19+,20-,21-/m0/s1. The van der Waals surface area contributed by atoms with E-state index < -0.39 is 0 Å². The van der Waals surface area contributed by atoms with Crippen molar-refractivity contribution in [2.24, 2.45) is 11.8 Å². The molecule has 2 aliphatic rings. The second-order valence-corrected chi connectivity index (χ2v) is 6.87. The van der Waals surface area contributed by atoms with Gasteiger partial charge in [-0.2, -0.15) is 0 Å². The number of nitrogens with zero attached hydrogens (tertiary/aromatic N) is 1. The van der Waals surface area contributed by atoms with Crippen LogP contribution in [0.25, 0.3) is 0 Å². The number of piperidine rings is 1. The van der Waals surface area contributed by atoms with E-state index in [2.05, 4.69) is 29.2 Å². The molecule has 1 saturated heterocycles. The fourth-order valence-corrected chi connectivity index (χ4v) is 4.66. The number of terminal acetylenes is 1. The van der Waals surface area contributed by atoms with Crippen LogP contribution in [0.2, 0.25) is 0 Å². The molecule has 0 radical (unpaired) electrons. The predicted octanol–water partition coefficient (Wildman–Crippen LogP) is 4.48. The van der Waals surface area contributed by atoms with Crippen molar-refractivity contribution in [1.82, 2.24) is 4.90 Å². The van der Waals surface area contributed by atoms with E-state index in [0.29, 0.717) is 23.9 Å². The number of amides is 1. The van der Waals surface area contributed by atoms with E-state index in [-0.39, 0.29) is 5.91 Å². The van der Waals surface area contributed by atoms with Crippen LogP contribution in [-0.4, -0.2) is 22.9 Å². The molecule has 1 amide bonds. The molecule has 2 rings (SSSR count). The van der Waals surface area contributed by atoms with Crippen LogP contribution in [0.4, 0.5) is 0 Å². The molecule has 0 aromatic rings. The summed E-state index contributed by atoms with van der Waals surface area (Å²) in [6.07, 6.45) is 20.3. The lowest BCUT2D eigenvalue weighted by Crippen LogP contribution is -2.56. The molecule has 23 heavy (non-hydrogen) atoms. The Bertz CT molecular complexity index is 520. The molecule has 124 valence electrons. The fraction of sp³-hybridized carbons (Fsp3) is 0.619. The highest BCUT2D eigenvalue weighted by Gasteiger charge is 2.42. The van der Waals surface area contributed by atoms with E-state index >= 15 is 0 Å². The van der Waals surface area contributed by atoms with Crippen LogP contribution in [0.3, 0.4) is 0 Å². The van der Waals surface area contributed by atoms with Gasteiger partial charge in [-0.25, -0.2) is 0 Å². The highest BCUT2D eigenvalue weighted by Crippen LogP contribution is 2.43. The largest absolute Gasteiger partial charge is 0.337 e. The lowest BCUT2D eigenvalue weighted by Gasteiger charge is -2.51. The highest BCUT2D eigenvalue weighted by atomic mass is 16.2. The second-order valence-electron chi connectivity index (χ2n) is 6.87. The molecule has 2 nitrogen and oxygen atoms in total. The quantitative estimate of drug-likeness (QED) is 0.541. The minimum Gasteiger partial charge on any atom is -0.337 e. The Morgan fingerprint density at radius 1 is 1.35 bits per heavy atom. The van der Waals surface area contributed by atoms with E-state index in [1.165, 1.54) is 19.3 Å². The third kappa shape index (κ3) is 4.40. The summed E-state index contributed by atoms with van der Waals surface area (Å²) in [5.74, 6) is 4.14. The van der Waals surface area contributed by atoms with Gasteiger partial charge in [0.15, 0.2) is 0 Å². The molecule has 2 heteroatoms. The summed E-state index contributed by atoms with van der Waals surface area (Å²) in [6, 6.07) is 0.815. The van der Waals surface area contributed by atoms with Crippen molar-refractivity contribution in [3.05, 3.63) is 30.5 Å². The van der Waals surface area contributed by atoms with Gasteiger partial charge in [-0.15, -0.1) is 12.2 Å². The number of allylic oxidation sites excluding steroid dienone is 3. The molecule has 1 saturated carbocycles. The smallest absolute Gasteiger partial charge is 0.219 e. The molecular weight excluding hydrogens is 282 g/mol. The molecule has 4 atom stereocenters. The van der Waals surface area contributed by atoms with Gasteiger partial charge in [0.05, 0.1) is 0 Å². The molecule has 0 aromatic carbocycles. The summed E-state index contributed by atoms with van der Waals surface area (Å²) in [4.78, 5) is 14.5. The maximum atomic E-state index is 12.3. The first-order valence-electron chi connectivity index (χ1n) is 8.93. The van der Waals surface area contributed by atoms with E-state index in [1.54, 1.807) is 6.92 Å². The first kappa shape index (κ1) is 17.6. The highest BCUT2D eigenvalue weighted by molar-refractivity contribution is 5.74. The average molecular weight is 311 g/mol. The van der Waals surface area contributed by atoms with Crippen LogP contribution in [0.1, 0.15) is 58.3 Å². The topological polar surface area (TPSA) is 20.3 Å². The minimum atomic E-state index is 0.243. The monoisotopic (exact) mass is 311 g/mol. The zero-order chi connectivity index (χ0) is 16.7. The summed E-state index contributed by atoms with van der Waals surface area (Å²) in [7, 11) is 0. The molecule has 0 bridgehead atoms. The Morgan fingerprint density at radius 3 is 2.87 bits per heavy atom. The first-order chi connectivity index (χ1) is 11.2. The Morgan fingerprint density at radius 2 is 2.17 bits per heavy atom. The van der Waals surface area contributed by atoms with Gasteiger partial charge in [-0.05, 0) is 68.9 Å². The van der Waals surface area contributed by atoms with Crippen molar-refractivity contribution in [3.8, 4) is 12.3 Å². The third-order valence-electron chi connectivity index (χ3n) is 5.56. The number of hydrogen-bond donors (Lipinski definition) is 0. The van der Waals surface area contributed by atoms with Crippen LogP contribution in [0.5, 0.6) is 0 Å². The number of hydrogen-bond acceptors (Lipinski definition) is 1. The fourth-order valence-electron chi connectivity index (χ4n) is 4.66. The summed E-state index contributed by atoms with van der Waals surface area (Å²) in [6.45, 7) is 5.36. The van der Waals surface area contributed by atoms with Crippen molar-refractivity contribution < 1.29 is 4.79 Å². The average Bonchev–Trinajstić information content (AvgIpc) is 2.54. The van der Waals surface area contributed by atoms with Gasteiger partial charge in [-0.1, -0.05) is 25.0 Å². The summed E-state index contributed by atoms with van der Waals surface area (Å²) >= 11 is 0. The van der Waals surface area contributed by atoms with E-state index in [4.69, 9.17) is 6.42 Å². The maximum absolute atomic E-state index is 12.3. The van der Waals surface area contributed by atoms with Crippen LogP contribution in [-0.2, 0) is 4.79 Å². The van der Waals surface area contributed by atoms with E-state index in [1.807, 2.05) is 12.2 Å². The van der Waals surface area contributed by atoms with Crippen molar-refractivity contribution >= 4 is 5.91 Å². The lowest BCUT2D eigenvalue weighted by molar-refractivity contribution is -0.141. The predicted molar refractivity (Wildman–Crippen MR) is 95.7 cm³/mol. The van der Waals surface area contributed by atoms with Gasteiger partial charge in [0.2, 0.25) is 5.91 Å². The number of likely N-dealkylation sites (tertiary alicyclic amines) is 1. The first-order valence-corrected chi connectivity index (χ1v) is 8.93. The summed E-state index contributed by atoms with van der Waals surface area (Å²) in [5, 5.41) is 0. The molecule has 1 aliphatic carbocycles. The zero-order valence-corrected chi connectivity index (χ0v) is 14.3. The number of fused-ring (bicyclic) bond motifs is 1. The van der Waals surface area contributed by atoms with Gasteiger partial charge in [-0.3, -0.25) is 4.79 Å². The molecule has 0 aromatic heterocycles. The van der Waals surface area contributed by atoms with Crippen molar-refractivity contribution in [2.45, 2.75) is 70.4 Å². The van der Waals surface area contributed by atoms with Gasteiger partial charge >= 0.3 is 0 Å². The van der Waals surface area contributed by atoms with Gasteiger partial charge in [0.1, 0.15) is 0 Å². The Balaban J connectivity index is 2.09. The van der Waals surface area contributed by atoms with Crippen LogP contribution >= 0.6 is 0 Å². The molecule has 0 N–H and O–H groups in total. The van der Waals surface area contributed by atoms with Gasteiger partial charge < -0.3 is 4.90 Å². The van der Waals surface area contributed by atoms with E-state index in [0.717, 1.165) is 32.1 Å². The Labute approximate surface area is 141 Å². The van der Waals surface area contributed by atoms with Crippen molar-refractivity contribution in [1.29, 1.82) is 0 Å². The van der Waals surface area contributed by atoms with Gasteiger partial charge in [0.25, 0.3) is 0 Å². The number of rotatable bonds is 5. The molecule has 0 spiro atoms. The van der Waals surface area contributed by atoms with E-state index in [9.17, 15) is 4.79 Å². The molecular formula is C21H29NO. The Hall–Kier alpha value is -1.71. The van der Waals surface area contributed by atoms with Crippen LogP contribution < -0.4 is 0 Å².